The molecular weight excluding hydrogens is 266 g/mol. The van der Waals surface area contributed by atoms with Gasteiger partial charge >= 0.3 is 0 Å². The van der Waals surface area contributed by atoms with Crippen LogP contribution >= 0.6 is 0 Å². The van der Waals surface area contributed by atoms with E-state index in [9.17, 15) is 4.79 Å². The molecule has 6 heteroatoms. The van der Waals surface area contributed by atoms with Gasteiger partial charge in [-0.15, -0.1) is 0 Å². The van der Waals surface area contributed by atoms with Gasteiger partial charge in [-0.25, -0.2) is 4.98 Å². The maximum atomic E-state index is 12.2. The lowest BCUT2D eigenvalue weighted by atomic mass is 9.97. The molecule has 2 rings (SSSR count). The molecule has 21 heavy (non-hydrogen) atoms. The summed E-state index contributed by atoms with van der Waals surface area (Å²) in [6.07, 6.45) is 10.6. The third kappa shape index (κ3) is 5.46. The van der Waals surface area contributed by atoms with Gasteiger partial charge < -0.3 is 10.6 Å². The molecule has 0 radical (unpaired) electrons. The monoisotopic (exact) mass is 293 g/mol. The molecule has 2 N–H and O–H groups in total. The summed E-state index contributed by atoms with van der Waals surface area (Å²) in [6, 6.07) is 0. The fourth-order valence-corrected chi connectivity index (χ4v) is 2.96. The van der Waals surface area contributed by atoms with E-state index in [0.717, 1.165) is 58.3 Å². The van der Waals surface area contributed by atoms with Gasteiger partial charge in [0.25, 0.3) is 0 Å². The number of hydrogen-bond acceptors (Lipinski definition) is 4. The Morgan fingerprint density at radius 1 is 1.29 bits per heavy atom. The summed E-state index contributed by atoms with van der Waals surface area (Å²) in [4.78, 5) is 18.3. The number of carbonyl (C=O) groups is 1. The van der Waals surface area contributed by atoms with Crippen LogP contribution in [0.5, 0.6) is 0 Å². The number of nitrogens with two attached hydrogens (primary N) is 1. The minimum atomic E-state index is 0.311. The van der Waals surface area contributed by atoms with E-state index in [1.165, 1.54) is 6.42 Å². The Kier molecular flexibility index (Phi) is 6.66. The number of aromatic nitrogens is 3. The number of unbranched alkanes of at least 4 members (excludes halogenated alkanes) is 3. The molecule has 1 amide bonds. The zero-order valence-electron chi connectivity index (χ0n) is 12.8. The van der Waals surface area contributed by atoms with Gasteiger partial charge in [0.05, 0.1) is 0 Å². The minimum absolute atomic E-state index is 0.311. The lowest BCUT2D eigenvalue weighted by molar-refractivity contribution is -0.133. The quantitative estimate of drug-likeness (QED) is 0.735. The van der Waals surface area contributed by atoms with E-state index < -0.39 is 0 Å². The lowest BCUT2D eigenvalue weighted by Crippen LogP contribution is -2.41. The molecule has 1 aromatic rings. The average Bonchev–Trinajstić information content (AvgIpc) is 3.00. The Morgan fingerprint density at radius 3 is 2.90 bits per heavy atom. The van der Waals surface area contributed by atoms with Gasteiger partial charge in [0.1, 0.15) is 12.7 Å². The maximum Gasteiger partial charge on any atom is 0.222 e. The van der Waals surface area contributed by atoms with Crippen LogP contribution in [0, 0.1) is 5.92 Å². The van der Waals surface area contributed by atoms with Gasteiger partial charge in [-0.1, -0.05) is 12.8 Å². The van der Waals surface area contributed by atoms with Crippen LogP contribution in [0.15, 0.2) is 12.7 Å². The maximum absolute atomic E-state index is 12.2. The second kappa shape index (κ2) is 8.77. The summed E-state index contributed by atoms with van der Waals surface area (Å²) >= 11 is 0. The van der Waals surface area contributed by atoms with Gasteiger partial charge in [-0.05, 0) is 38.1 Å². The van der Waals surface area contributed by atoms with Crippen molar-refractivity contribution in [2.75, 3.05) is 19.6 Å². The minimum Gasteiger partial charge on any atom is -0.342 e. The number of nitrogens with zero attached hydrogens (tertiary/aromatic N) is 4. The first kappa shape index (κ1) is 15.9. The first-order chi connectivity index (χ1) is 10.3. The molecule has 1 aliphatic rings. The van der Waals surface area contributed by atoms with Gasteiger partial charge in [0, 0.05) is 26.1 Å². The Bertz CT molecular complexity index is 406. The lowest BCUT2D eigenvalue weighted by Gasteiger charge is -2.32. The van der Waals surface area contributed by atoms with Gasteiger partial charge in [0.15, 0.2) is 0 Å². The molecule has 0 aromatic carbocycles. The van der Waals surface area contributed by atoms with Crippen molar-refractivity contribution in [2.24, 2.45) is 11.7 Å². The second-order valence-corrected chi connectivity index (χ2v) is 5.92. The molecule has 2 heterocycles. The summed E-state index contributed by atoms with van der Waals surface area (Å²) in [5.74, 6) is 0.813. The molecule has 0 saturated carbocycles. The summed E-state index contributed by atoms with van der Waals surface area (Å²) in [5, 5.41) is 4.15. The summed E-state index contributed by atoms with van der Waals surface area (Å²) in [7, 11) is 0. The van der Waals surface area contributed by atoms with E-state index >= 15 is 0 Å². The molecule has 118 valence electrons. The number of piperidine rings is 1. The number of hydrogen-bond donors (Lipinski definition) is 1. The van der Waals surface area contributed by atoms with Crippen LogP contribution in [-0.4, -0.2) is 45.2 Å². The van der Waals surface area contributed by atoms with Crippen LogP contribution in [-0.2, 0) is 11.3 Å². The fraction of sp³-hybridized carbons (Fsp3) is 0.800. The first-order valence-corrected chi connectivity index (χ1v) is 8.10. The van der Waals surface area contributed by atoms with Crippen LogP contribution in [0.25, 0.3) is 0 Å². The normalized spacial score (nSPS) is 18.9. The van der Waals surface area contributed by atoms with Crippen LogP contribution in [0.2, 0.25) is 0 Å². The first-order valence-electron chi connectivity index (χ1n) is 8.10. The van der Waals surface area contributed by atoms with Crippen molar-refractivity contribution in [3.63, 3.8) is 0 Å². The van der Waals surface area contributed by atoms with E-state index in [2.05, 4.69) is 10.1 Å². The molecule has 6 nitrogen and oxygen atoms in total. The van der Waals surface area contributed by atoms with Crippen molar-refractivity contribution in [3.05, 3.63) is 12.7 Å². The molecule has 0 bridgehead atoms. The van der Waals surface area contributed by atoms with Gasteiger partial charge in [-0.2, -0.15) is 5.10 Å². The highest BCUT2D eigenvalue weighted by atomic mass is 16.2. The predicted molar refractivity (Wildman–Crippen MR) is 81.5 cm³/mol. The molecular formula is C15H27N5O. The zero-order chi connectivity index (χ0) is 14.9. The van der Waals surface area contributed by atoms with E-state index in [4.69, 9.17) is 5.73 Å². The molecule has 0 aliphatic carbocycles. The molecule has 1 aromatic heterocycles. The highest BCUT2D eigenvalue weighted by Gasteiger charge is 2.23. The van der Waals surface area contributed by atoms with Crippen molar-refractivity contribution < 1.29 is 4.79 Å². The smallest absolute Gasteiger partial charge is 0.222 e. The third-order valence-corrected chi connectivity index (χ3v) is 4.13. The summed E-state index contributed by atoms with van der Waals surface area (Å²) < 4.78 is 1.87. The fourth-order valence-electron chi connectivity index (χ4n) is 2.96. The number of rotatable bonds is 8. The Labute approximate surface area is 126 Å². The summed E-state index contributed by atoms with van der Waals surface area (Å²) in [5.41, 5.74) is 5.47. The average molecular weight is 293 g/mol. The van der Waals surface area contributed by atoms with Crippen LogP contribution in [0.3, 0.4) is 0 Å². The van der Waals surface area contributed by atoms with Crippen molar-refractivity contribution in [1.29, 1.82) is 0 Å². The number of likely N-dealkylation sites (tertiary alicyclic amines) is 1. The van der Waals surface area contributed by atoms with E-state index in [1.54, 1.807) is 12.7 Å². The van der Waals surface area contributed by atoms with E-state index in [0.29, 0.717) is 18.2 Å². The second-order valence-electron chi connectivity index (χ2n) is 5.92. The Hall–Kier alpha value is -1.43. The van der Waals surface area contributed by atoms with Crippen molar-refractivity contribution >= 4 is 5.91 Å². The largest absolute Gasteiger partial charge is 0.342 e. The third-order valence-electron chi connectivity index (χ3n) is 4.13. The highest BCUT2D eigenvalue weighted by molar-refractivity contribution is 5.76. The molecule has 1 saturated heterocycles. The molecule has 0 spiro atoms. The standard InChI is InChI=1S/C15H27N5O/c16-8-4-2-1-3-7-15(21)19-9-5-6-14(10-19)11-20-13-17-12-18-20/h12-14H,1-11,16H2. The van der Waals surface area contributed by atoms with Crippen LogP contribution in [0.1, 0.15) is 44.9 Å². The van der Waals surface area contributed by atoms with Crippen molar-refractivity contribution in [2.45, 2.75) is 51.5 Å². The SMILES string of the molecule is NCCCCCCC(=O)N1CCCC(Cn2cncn2)C1. The molecule has 1 aliphatic heterocycles. The molecule has 1 atom stereocenters. The van der Waals surface area contributed by atoms with Crippen molar-refractivity contribution in [1.82, 2.24) is 19.7 Å². The summed E-state index contributed by atoms with van der Waals surface area (Å²) in [6.45, 7) is 3.39. The van der Waals surface area contributed by atoms with Crippen molar-refractivity contribution in [3.8, 4) is 0 Å². The van der Waals surface area contributed by atoms with Crippen LogP contribution < -0.4 is 5.73 Å². The highest BCUT2D eigenvalue weighted by Crippen LogP contribution is 2.19. The van der Waals surface area contributed by atoms with Gasteiger partial charge in [0.2, 0.25) is 5.91 Å². The van der Waals surface area contributed by atoms with E-state index in [1.807, 2.05) is 9.58 Å². The van der Waals surface area contributed by atoms with E-state index in [-0.39, 0.29) is 0 Å². The van der Waals surface area contributed by atoms with Gasteiger partial charge in [-0.3, -0.25) is 9.48 Å². The predicted octanol–water partition coefficient (Wildman–Crippen LogP) is 1.43. The Balaban J connectivity index is 1.68. The number of carbonyl (C=O) groups excluding carboxylic acids is 1. The molecule has 1 unspecified atom stereocenters. The topological polar surface area (TPSA) is 77.0 Å². The number of amides is 1. The molecule has 1 fully saturated rings. The van der Waals surface area contributed by atoms with Crippen LogP contribution in [0.4, 0.5) is 0 Å². The Morgan fingerprint density at radius 2 is 2.14 bits per heavy atom. The zero-order valence-corrected chi connectivity index (χ0v) is 12.8.